The van der Waals surface area contributed by atoms with Gasteiger partial charge in [-0.1, -0.05) is 218 Å². The Labute approximate surface area is 418 Å². The summed E-state index contributed by atoms with van der Waals surface area (Å²) >= 11 is 0. The molecule has 336 valence electrons. The highest BCUT2D eigenvalue weighted by Gasteiger charge is 2.24. The van der Waals surface area contributed by atoms with Crippen LogP contribution < -0.4 is 0 Å². The molecule has 2 heterocycles. The van der Waals surface area contributed by atoms with Crippen LogP contribution in [0.1, 0.15) is 0 Å². The summed E-state index contributed by atoms with van der Waals surface area (Å²) in [6.45, 7) is 0. The molecule has 0 aliphatic carbocycles. The van der Waals surface area contributed by atoms with Crippen molar-refractivity contribution >= 4 is 53.9 Å². The normalized spacial score (nSPS) is 11.6. The molecule has 2 heteroatoms. The maximum Gasteiger partial charge on any atom is 0.0535 e. The van der Waals surface area contributed by atoms with E-state index in [0.717, 1.165) is 45.3 Å². The van der Waals surface area contributed by atoms with E-state index in [1.54, 1.807) is 0 Å². The summed E-state index contributed by atoms with van der Waals surface area (Å²) in [7, 11) is 0. The van der Waals surface area contributed by atoms with Crippen molar-refractivity contribution in [2.45, 2.75) is 0 Å². The molecule has 12 aromatic carbocycles. The number of hydrogen-bond acceptors (Lipinski definition) is 0. The van der Waals surface area contributed by atoms with Crippen LogP contribution in [0.2, 0.25) is 0 Å². The van der Waals surface area contributed by atoms with Crippen LogP contribution in [0.5, 0.6) is 0 Å². The van der Waals surface area contributed by atoms with Crippen molar-refractivity contribution in [3.8, 4) is 78.7 Å². The summed E-state index contributed by atoms with van der Waals surface area (Å²) in [5, 5.41) is 12.2. The second-order valence-electron chi connectivity index (χ2n) is 18.8. The average Bonchev–Trinajstić information content (AvgIpc) is 4.12. The van der Waals surface area contributed by atoms with E-state index in [4.69, 9.17) is 0 Å². The molecular formula is C70H46N2. The summed E-state index contributed by atoms with van der Waals surface area (Å²) in [5.41, 5.74) is 16.2. The van der Waals surface area contributed by atoms with Gasteiger partial charge in [0.25, 0.3) is 0 Å². The van der Waals surface area contributed by atoms with Crippen LogP contribution in [0.3, 0.4) is 0 Å². The van der Waals surface area contributed by atoms with Gasteiger partial charge in [0, 0.05) is 11.4 Å². The number of benzene rings is 12. The third-order valence-corrected chi connectivity index (χ3v) is 14.7. The van der Waals surface area contributed by atoms with Crippen molar-refractivity contribution in [3.05, 3.63) is 279 Å². The van der Waals surface area contributed by atoms with Gasteiger partial charge in [0.05, 0.1) is 22.8 Å². The SMILES string of the molecule is c1ccc(-c2ccc(-c3ccccc3)n2-c2ccc3c(-c4cc5ccccc5c5ccccc45)c4cc(-n5c(-c6ccccc6)ccc5-c5ccccc5)ccc4c(-c4ccc5ccccc5c4)c3c2)cc1. The maximum atomic E-state index is 2.47. The molecule has 0 aliphatic heterocycles. The third-order valence-electron chi connectivity index (χ3n) is 14.7. The Balaban J connectivity index is 1.15. The molecule has 0 spiro atoms. The highest BCUT2D eigenvalue weighted by molar-refractivity contribution is 6.26. The van der Waals surface area contributed by atoms with Gasteiger partial charge in [0.15, 0.2) is 0 Å². The summed E-state index contributed by atoms with van der Waals surface area (Å²) in [5.74, 6) is 0. The predicted octanol–water partition coefficient (Wildman–Crippen LogP) is 19.0. The van der Waals surface area contributed by atoms with Crippen LogP contribution in [0, 0.1) is 0 Å². The Kier molecular flexibility index (Phi) is 9.89. The number of hydrogen-bond donors (Lipinski definition) is 0. The topological polar surface area (TPSA) is 9.86 Å². The standard InChI is InChI=1S/C70H46N2/c1-5-20-48(21-6-1)65-39-40-66(49-22-7-2-8-23-49)71(65)55-36-38-61-63(45-55)69(54-34-33-47-19-13-14-28-52(47)43-54)60-37-35-56(72-67(50-24-9-3-10-25-50)41-42-68(72)51-26-11-4-12-27-51)46-64(60)70(61)62-44-53-29-15-16-30-57(53)58-31-17-18-32-59(58)62/h1-46H. The molecule has 14 aromatic rings. The smallest absolute Gasteiger partial charge is 0.0535 e. The lowest BCUT2D eigenvalue weighted by atomic mass is 9.83. The number of aromatic nitrogens is 2. The molecule has 0 aliphatic rings. The lowest BCUT2D eigenvalue weighted by Crippen LogP contribution is -2.02. The maximum absolute atomic E-state index is 2.47. The summed E-state index contributed by atoms with van der Waals surface area (Å²) in [6, 6.07) is 103. The molecule has 2 aromatic heterocycles. The van der Waals surface area contributed by atoms with Gasteiger partial charge in [-0.2, -0.15) is 0 Å². The van der Waals surface area contributed by atoms with Gasteiger partial charge < -0.3 is 9.13 Å². The molecular weight excluding hydrogens is 869 g/mol. The molecule has 0 radical (unpaired) electrons. The largest absolute Gasteiger partial charge is 0.309 e. The minimum absolute atomic E-state index is 1.10. The van der Waals surface area contributed by atoms with Crippen molar-refractivity contribution in [1.82, 2.24) is 9.13 Å². The van der Waals surface area contributed by atoms with Gasteiger partial charge in [0.2, 0.25) is 0 Å². The number of rotatable bonds is 8. The molecule has 0 N–H and O–H groups in total. The molecule has 14 rings (SSSR count). The molecule has 0 atom stereocenters. The zero-order chi connectivity index (χ0) is 47.5. The zero-order valence-electron chi connectivity index (χ0n) is 39.5. The van der Waals surface area contributed by atoms with Crippen molar-refractivity contribution in [2.75, 3.05) is 0 Å². The lowest BCUT2D eigenvalue weighted by Gasteiger charge is -2.23. The van der Waals surface area contributed by atoms with E-state index in [2.05, 4.69) is 288 Å². The van der Waals surface area contributed by atoms with Gasteiger partial charge >= 0.3 is 0 Å². The van der Waals surface area contributed by atoms with Gasteiger partial charge in [-0.15, -0.1) is 0 Å². The van der Waals surface area contributed by atoms with Crippen molar-refractivity contribution in [3.63, 3.8) is 0 Å². The van der Waals surface area contributed by atoms with Crippen molar-refractivity contribution < 1.29 is 0 Å². The van der Waals surface area contributed by atoms with E-state index in [1.807, 2.05) is 0 Å². The van der Waals surface area contributed by atoms with E-state index >= 15 is 0 Å². The molecule has 72 heavy (non-hydrogen) atoms. The van der Waals surface area contributed by atoms with E-state index < -0.39 is 0 Å². The average molecular weight is 915 g/mol. The summed E-state index contributed by atoms with van der Waals surface area (Å²) in [4.78, 5) is 0. The number of nitrogens with zero attached hydrogens (tertiary/aromatic N) is 2. The first-order chi connectivity index (χ1) is 35.7. The van der Waals surface area contributed by atoms with Crippen LogP contribution in [0.15, 0.2) is 279 Å². The minimum atomic E-state index is 1.10. The Bertz CT molecular complexity index is 4240. The van der Waals surface area contributed by atoms with Crippen LogP contribution in [-0.2, 0) is 0 Å². The quantitative estimate of drug-likeness (QED) is 0.106. The fourth-order valence-electron chi connectivity index (χ4n) is 11.5. The van der Waals surface area contributed by atoms with Gasteiger partial charge in [-0.3, -0.25) is 0 Å². The van der Waals surface area contributed by atoms with E-state index in [9.17, 15) is 0 Å². The third kappa shape index (κ3) is 6.88. The molecule has 0 unspecified atom stereocenters. The zero-order valence-corrected chi connectivity index (χ0v) is 39.5. The van der Waals surface area contributed by atoms with Crippen molar-refractivity contribution in [1.29, 1.82) is 0 Å². The van der Waals surface area contributed by atoms with Crippen LogP contribution in [0.25, 0.3) is 133 Å². The monoisotopic (exact) mass is 914 g/mol. The Hall–Kier alpha value is -9.50. The first kappa shape index (κ1) is 41.5. The highest BCUT2D eigenvalue weighted by Crippen LogP contribution is 2.49. The predicted molar refractivity (Wildman–Crippen MR) is 305 cm³/mol. The van der Waals surface area contributed by atoms with E-state index in [-0.39, 0.29) is 0 Å². The van der Waals surface area contributed by atoms with Gasteiger partial charge in [-0.25, -0.2) is 0 Å². The Morgan fingerprint density at radius 2 is 0.597 bits per heavy atom. The van der Waals surface area contributed by atoms with Crippen molar-refractivity contribution in [2.24, 2.45) is 0 Å². The van der Waals surface area contributed by atoms with Crippen LogP contribution >= 0.6 is 0 Å². The first-order valence-electron chi connectivity index (χ1n) is 24.8. The molecule has 0 amide bonds. The highest BCUT2D eigenvalue weighted by atomic mass is 15.0. The second-order valence-corrected chi connectivity index (χ2v) is 18.8. The molecule has 2 nitrogen and oxygen atoms in total. The Morgan fingerprint density at radius 3 is 1.11 bits per heavy atom. The molecule has 0 saturated heterocycles. The fourth-order valence-corrected chi connectivity index (χ4v) is 11.5. The fraction of sp³-hybridized carbons (Fsp3) is 0. The van der Waals surface area contributed by atoms with Gasteiger partial charge in [0.1, 0.15) is 0 Å². The summed E-state index contributed by atoms with van der Waals surface area (Å²) in [6.07, 6.45) is 0. The molecule has 0 fully saturated rings. The van der Waals surface area contributed by atoms with Crippen LogP contribution in [-0.4, -0.2) is 9.13 Å². The second kappa shape index (κ2) is 17.2. The lowest BCUT2D eigenvalue weighted by molar-refractivity contribution is 1.10. The minimum Gasteiger partial charge on any atom is -0.309 e. The van der Waals surface area contributed by atoms with Crippen LogP contribution in [0.4, 0.5) is 0 Å². The molecule has 0 saturated carbocycles. The summed E-state index contributed by atoms with van der Waals surface area (Å²) < 4.78 is 4.91. The van der Waals surface area contributed by atoms with Gasteiger partial charge in [-0.05, 0) is 159 Å². The first-order valence-corrected chi connectivity index (χ1v) is 24.8. The number of fused-ring (bicyclic) bond motifs is 6. The van der Waals surface area contributed by atoms with E-state index in [0.29, 0.717) is 0 Å². The Morgan fingerprint density at radius 1 is 0.194 bits per heavy atom. The van der Waals surface area contributed by atoms with E-state index in [1.165, 1.54) is 87.2 Å². The molecule has 0 bridgehead atoms.